The highest BCUT2D eigenvalue weighted by atomic mass is 32.2. The highest BCUT2D eigenvalue weighted by Crippen LogP contribution is 2.25. The first-order chi connectivity index (χ1) is 8.09. The molecule has 0 saturated carbocycles. The number of carbonyl (C=O) groups is 1. The summed E-state index contributed by atoms with van der Waals surface area (Å²) in [6, 6.07) is 1.18. The summed E-state index contributed by atoms with van der Waals surface area (Å²) >= 11 is 1.82. The van der Waals surface area contributed by atoms with E-state index in [2.05, 4.69) is 11.9 Å². The lowest BCUT2D eigenvalue weighted by molar-refractivity contribution is 0.0691. The van der Waals surface area contributed by atoms with Crippen LogP contribution in [-0.2, 0) is 0 Å². The molecule has 0 radical (unpaired) electrons. The molecule has 1 unspecified atom stereocenters. The Morgan fingerprint density at radius 2 is 2.47 bits per heavy atom. The Labute approximate surface area is 103 Å². The molecular formula is C11H13FN2O2S. The fourth-order valence-corrected chi connectivity index (χ4v) is 2.84. The van der Waals surface area contributed by atoms with E-state index in [9.17, 15) is 9.18 Å². The number of nitrogens with zero attached hydrogens (tertiary/aromatic N) is 2. The second-order valence-corrected chi connectivity index (χ2v) is 5.47. The standard InChI is InChI=1S/C11H13FN2O2S/c1-7-6-14(4-5-17-7)10-9(12)8(11(15)16)2-3-13-10/h2-3,7H,4-6H2,1H3,(H,15,16). The summed E-state index contributed by atoms with van der Waals surface area (Å²) in [6.07, 6.45) is 1.34. The minimum Gasteiger partial charge on any atom is -0.478 e. The lowest BCUT2D eigenvalue weighted by Crippen LogP contribution is -2.38. The SMILES string of the molecule is CC1CN(c2nccc(C(=O)O)c2F)CCS1. The molecule has 17 heavy (non-hydrogen) atoms. The molecule has 0 bridgehead atoms. The number of rotatable bonds is 2. The van der Waals surface area contributed by atoms with Crippen LogP contribution in [0.25, 0.3) is 0 Å². The van der Waals surface area contributed by atoms with Gasteiger partial charge in [-0.05, 0) is 6.07 Å². The van der Waals surface area contributed by atoms with E-state index in [-0.39, 0.29) is 11.4 Å². The third kappa shape index (κ3) is 2.52. The first-order valence-electron chi connectivity index (χ1n) is 5.34. The van der Waals surface area contributed by atoms with Gasteiger partial charge in [0, 0.05) is 30.3 Å². The molecule has 0 aliphatic carbocycles. The molecule has 6 heteroatoms. The second-order valence-electron chi connectivity index (χ2n) is 3.93. The molecule has 1 N–H and O–H groups in total. The molecule has 4 nitrogen and oxygen atoms in total. The number of hydrogen-bond acceptors (Lipinski definition) is 4. The smallest absolute Gasteiger partial charge is 0.338 e. The van der Waals surface area contributed by atoms with Crippen LogP contribution in [0.4, 0.5) is 10.2 Å². The third-order valence-corrected chi connectivity index (χ3v) is 3.78. The van der Waals surface area contributed by atoms with Crippen molar-refractivity contribution in [2.24, 2.45) is 0 Å². The molecule has 1 aliphatic rings. The van der Waals surface area contributed by atoms with Gasteiger partial charge < -0.3 is 10.0 Å². The average Bonchev–Trinajstić information content (AvgIpc) is 2.29. The Balaban J connectivity index is 2.32. The van der Waals surface area contributed by atoms with E-state index in [0.717, 1.165) is 5.75 Å². The predicted octanol–water partition coefficient (Wildman–Crippen LogP) is 1.86. The maximum absolute atomic E-state index is 13.9. The zero-order chi connectivity index (χ0) is 12.4. The number of anilines is 1. The molecule has 1 aromatic rings. The highest BCUT2D eigenvalue weighted by Gasteiger charge is 2.23. The van der Waals surface area contributed by atoms with E-state index in [1.807, 2.05) is 16.7 Å². The quantitative estimate of drug-likeness (QED) is 0.875. The van der Waals surface area contributed by atoms with Gasteiger partial charge in [0.2, 0.25) is 0 Å². The molecule has 1 aliphatic heterocycles. The van der Waals surface area contributed by atoms with Crippen molar-refractivity contribution in [2.45, 2.75) is 12.2 Å². The number of aromatic nitrogens is 1. The third-order valence-electron chi connectivity index (χ3n) is 2.64. The minimum atomic E-state index is -1.26. The number of halogens is 1. The van der Waals surface area contributed by atoms with Crippen LogP contribution in [0, 0.1) is 5.82 Å². The van der Waals surface area contributed by atoms with Crippen LogP contribution in [0.3, 0.4) is 0 Å². The first-order valence-corrected chi connectivity index (χ1v) is 6.39. The van der Waals surface area contributed by atoms with Crippen molar-refractivity contribution in [3.8, 4) is 0 Å². The summed E-state index contributed by atoms with van der Waals surface area (Å²) in [6.45, 7) is 3.45. The molecule has 1 saturated heterocycles. The first kappa shape index (κ1) is 12.2. The number of thioether (sulfide) groups is 1. The largest absolute Gasteiger partial charge is 0.478 e. The number of carboxylic acid groups (broad SMARTS) is 1. The molecule has 1 aromatic heterocycles. The lowest BCUT2D eigenvalue weighted by atomic mass is 10.2. The number of pyridine rings is 1. The van der Waals surface area contributed by atoms with Gasteiger partial charge in [0.15, 0.2) is 11.6 Å². The van der Waals surface area contributed by atoms with Crippen molar-refractivity contribution in [1.29, 1.82) is 0 Å². The van der Waals surface area contributed by atoms with Crippen LogP contribution in [0.5, 0.6) is 0 Å². The van der Waals surface area contributed by atoms with Crippen LogP contribution >= 0.6 is 11.8 Å². The van der Waals surface area contributed by atoms with Gasteiger partial charge in [-0.25, -0.2) is 14.2 Å². The van der Waals surface area contributed by atoms with E-state index in [4.69, 9.17) is 5.11 Å². The average molecular weight is 256 g/mol. The normalized spacial score (nSPS) is 20.4. The van der Waals surface area contributed by atoms with Crippen molar-refractivity contribution in [3.05, 3.63) is 23.6 Å². The van der Waals surface area contributed by atoms with E-state index >= 15 is 0 Å². The molecule has 0 spiro atoms. The van der Waals surface area contributed by atoms with Gasteiger partial charge in [-0.15, -0.1) is 0 Å². The zero-order valence-corrected chi connectivity index (χ0v) is 10.2. The number of aromatic carboxylic acids is 1. The molecule has 1 atom stereocenters. The van der Waals surface area contributed by atoms with Crippen LogP contribution in [-0.4, -0.2) is 40.2 Å². The minimum absolute atomic E-state index is 0.150. The monoisotopic (exact) mass is 256 g/mol. The summed E-state index contributed by atoms with van der Waals surface area (Å²) < 4.78 is 13.9. The maximum atomic E-state index is 13.9. The van der Waals surface area contributed by atoms with Gasteiger partial charge >= 0.3 is 5.97 Å². The maximum Gasteiger partial charge on any atom is 0.338 e. The molecule has 92 valence electrons. The molecule has 0 aromatic carbocycles. The van der Waals surface area contributed by atoms with Crippen LogP contribution in [0.1, 0.15) is 17.3 Å². The number of hydrogen-bond donors (Lipinski definition) is 1. The van der Waals surface area contributed by atoms with Gasteiger partial charge in [0.1, 0.15) is 5.56 Å². The van der Waals surface area contributed by atoms with Crippen molar-refractivity contribution in [2.75, 3.05) is 23.7 Å². The van der Waals surface area contributed by atoms with E-state index in [1.54, 1.807) is 0 Å². The Morgan fingerprint density at radius 1 is 1.71 bits per heavy atom. The summed E-state index contributed by atoms with van der Waals surface area (Å²) in [4.78, 5) is 16.6. The van der Waals surface area contributed by atoms with E-state index < -0.39 is 11.8 Å². The van der Waals surface area contributed by atoms with Gasteiger partial charge in [-0.3, -0.25) is 0 Å². The second kappa shape index (κ2) is 4.91. The van der Waals surface area contributed by atoms with Gasteiger partial charge in [-0.1, -0.05) is 6.92 Å². The fraction of sp³-hybridized carbons (Fsp3) is 0.455. The van der Waals surface area contributed by atoms with Crippen LogP contribution < -0.4 is 4.90 Å². The summed E-state index contributed by atoms with van der Waals surface area (Å²) in [5, 5.41) is 9.25. The Kier molecular flexibility index (Phi) is 3.51. The summed E-state index contributed by atoms with van der Waals surface area (Å²) in [5.41, 5.74) is -0.319. The van der Waals surface area contributed by atoms with Crippen LogP contribution in [0.2, 0.25) is 0 Å². The molecular weight excluding hydrogens is 243 g/mol. The zero-order valence-electron chi connectivity index (χ0n) is 9.39. The molecule has 2 rings (SSSR count). The van der Waals surface area contributed by atoms with Crippen molar-refractivity contribution in [3.63, 3.8) is 0 Å². The van der Waals surface area contributed by atoms with Crippen molar-refractivity contribution >= 4 is 23.5 Å². The van der Waals surface area contributed by atoms with Crippen LogP contribution in [0.15, 0.2) is 12.3 Å². The van der Waals surface area contributed by atoms with E-state index in [0.29, 0.717) is 18.3 Å². The lowest BCUT2D eigenvalue weighted by Gasteiger charge is -2.31. The van der Waals surface area contributed by atoms with Gasteiger partial charge in [-0.2, -0.15) is 11.8 Å². The number of carboxylic acids is 1. The summed E-state index contributed by atoms with van der Waals surface area (Å²) in [5.74, 6) is -0.943. The summed E-state index contributed by atoms with van der Waals surface area (Å²) in [7, 11) is 0. The van der Waals surface area contributed by atoms with Gasteiger partial charge in [0.25, 0.3) is 0 Å². The highest BCUT2D eigenvalue weighted by molar-refractivity contribution is 8.00. The Hall–Kier alpha value is -1.30. The van der Waals surface area contributed by atoms with Crippen molar-refractivity contribution in [1.82, 2.24) is 4.98 Å². The topological polar surface area (TPSA) is 53.4 Å². The van der Waals surface area contributed by atoms with E-state index in [1.165, 1.54) is 12.3 Å². The van der Waals surface area contributed by atoms with Crippen molar-refractivity contribution < 1.29 is 14.3 Å². The molecule has 1 fully saturated rings. The Bertz CT molecular complexity index is 441. The molecule has 2 heterocycles. The Morgan fingerprint density at radius 3 is 3.12 bits per heavy atom. The predicted molar refractivity (Wildman–Crippen MR) is 65.3 cm³/mol. The molecule has 0 amide bonds. The van der Waals surface area contributed by atoms with Gasteiger partial charge in [0.05, 0.1) is 0 Å². The fourth-order valence-electron chi connectivity index (χ4n) is 1.83.